The van der Waals surface area contributed by atoms with Gasteiger partial charge in [-0.05, 0) is 20.3 Å². The summed E-state index contributed by atoms with van der Waals surface area (Å²) in [7, 11) is 0. The standard InChI is InChI=1S/C19H26O5/c1-9(2)17(20)23-13-8-19(5,22)12-7-6-10(3)14(12)16-15(13)11(4)18(21)24-16/h6,9,12-16,22H,4,7-8H2,1-3,5H3/t12-,13-,14+,15-,16-,19-/m1/s1. The SMILES string of the molecule is C=C1C(=O)O[C@@H]2[C@H]3C(C)=CC[C@H]3[C@](C)(O)C[C@@H](OC(=O)C(C)C)[C@@H]12. The van der Waals surface area contributed by atoms with E-state index in [4.69, 9.17) is 9.47 Å². The van der Waals surface area contributed by atoms with Gasteiger partial charge in [0, 0.05) is 23.8 Å². The van der Waals surface area contributed by atoms with Crippen molar-refractivity contribution in [3.05, 3.63) is 23.8 Å². The summed E-state index contributed by atoms with van der Waals surface area (Å²) in [5, 5.41) is 11.1. The average molecular weight is 334 g/mol. The van der Waals surface area contributed by atoms with Gasteiger partial charge in [0.2, 0.25) is 0 Å². The first-order valence-electron chi connectivity index (χ1n) is 8.62. The summed E-state index contributed by atoms with van der Waals surface area (Å²) in [5.41, 5.74) is 0.462. The highest BCUT2D eigenvalue weighted by Gasteiger charge is 2.58. The molecule has 0 unspecified atom stereocenters. The largest absolute Gasteiger partial charge is 0.461 e. The number of carbonyl (C=O) groups is 2. The Bertz CT molecular complexity index is 615. The molecule has 1 aliphatic heterocycles. The van der Waals surface area contributed by atoms with E-state index in [1.807, 2.05) is 6.92 Å². The minimum atomic E-state index is -1.00. The Balaban J connectivity index is 2.01. The van der Waals surface area contributed by atoms with Crippen LogP contribution in [0.15, 0.2) is 23.8 Å². The van der Waals surface area contributed by atoms with E-state index in [-0.39, 0.29) is 30.1 Å². The van der Waals surface area contributed by atoms with Crippen LogP contribution in [-0.2, 0) is 19.1 Å². The van der Waals surface area contributed by atoms with Crippen LogP contribution in [-0.4, -0.2) is 34.9 Å². The van der Waals surface area contributed by atoms with Gasteiger partial charge in [-0.1, -0.05) is 32.1 Å². The van der Waals surface area contributed by atoms with Crippen LogP contribution in [0.5, 0.6) is 0 Å². The Hall–Kier alpha value is -1.62. The van der Waals surface area contributed by atoms with Crippen LogP contribution in [0.4, 0.5) is 0 Å². The van der Waals surface area contributed by atoms with Crippen molar-refractivity contribution in [2.24, 2.45) is 23.7 Å². The predicted molar refractivity (Wildman–Crippen MR) is 87.8 cm³/mol. The van der Waals surface area contributed by atoms with Crippen LogP contribution < -0.4 is 0 Å². The molecule has 0 aromatic carbocycles. The molecular weight excluding hydrogens is 308 g/mol. The molecule has 0 bridgehead atoms. The molecule has 5 nitrogen and oxygen atoms in total. The summed E-state index contributed by atoms with van der Waals surface area (Å²) in [4.78, 5) is 24.3. The molecule has 24 heavy (non-hydrogen) atoms. The fourth-order valence-electron chi connectivity index (χ4n) is 4.47. The maximum Gasteiger partial charge on any atom is 0.334 e. The molecule has 0 aromatic heterocycles. The van der Waals surface area contributed by atoms with E-state index < -0.39 is 29.7 Å². The molecule has 3 rings (SSSR count). The molecular formula is C19H26O5. The molecule has 1 saturated heterocycles. The van der Waals surface area contributed by atoms with Crippen LogP contribution in [0, 0.1) is 23.7 Å². The Morgan fingerprint density at radius 3 is 2.75 bits per heavy atom. The minimum Gasteiger partial charge on any atom is -0.461 e. The van der Waals surface area contributed by atoms with Crippen LogP contribution in [0.1, 0.15) is 40.5 Å². The summed E-state index contributed by atoms with van der Waals surface area (Å²) in [6.07, 6.45) is 2.10. The lowest BCUT2D eigenvalue weighted by Gasteiger charge is -2.34. The van der Waals surface area contributed by atoms with Crippen LogP contribution in [0.25, 0.3) is 0 Å². The van der Waals surface area contributed by atoms with Gasteiger partial charge in [0.05, 0.1) is 17.4 Å². The fraction of sp³-hybridized carbons (Fsp3) is 0.684. The first-order valence-corrected chi connectivity index (χ1v) is 8.62. The highest BCUT2D eigenvalue weighted by Crippen LogP contribution is 2.52. The quantitative estimate of drug-likeness (QED) is 0.477. The van der Waals surface area contributed by atoms with Crippen molar-refractivity contribution in [2.75, 3.05) is 0 Å². The van der Waals surface area contributed by atoms with Crippen LogP contribution in [0.2, 0.25) is 0 Å². The van der Waals surface area contributed by atoms with E-state index in [1.165, 1.54) is 0 Å². The van der Waals surface area contributed by atoms with Crippen LogP contribution >= 0.6 is 0 Å². The molecule has 132 valence electrons. The molecule has 6 atom stereocenters. The molecule has 2 fully saturated rings. The second-order valence-electron chi connectivity index (χ2n) is 7.93. The molecule has 1 N–H and O–H groups in total. The number of aliphatic hydroxyl groups is 1. The second-order valence-corrected chi connectivity index (χ2v) is 7.93. The maximum absolute atomic E-state index is 12.2. The molecule has 1 heterocycles. The zero-order valence-electron chi connectivity index (χ0n) is 14.7. The van der Waals surface area contributed by atoms with Gasteiger partial charge in [0.1, 0.15) is 12.2 Å². The van der Waals surface area contributed by atoms with E-state index in [2.05, 4.69) is 12.7 Å². The lowest BCUT2D eigenvalue weighted by molar-refractivity contribution is -0.158. The smallest absolute Gasteiger partial charge is 0.334 e. The van der Waals surface area contributed by atoms with E-state index >= 15 is 0 Å². The van der Waals surface area contributed by atoms with E-state index in [1.54, 1.807) is 20.8 Å². The van der Waals surface area contributed by atoms with Gasteiger partial charge in [0.15, 0.2) is 0 Å². The average Bonchev–Trinajstić information content (AvgIpc) is 2.96. The van der Waals surface area contributed by atoms with E-state index in [0.717, 1.165) is 12.0 Å². The predicted octanol–water partition coefficient (Wildman–Crippen LogP) is 2.39. The van der Waals surface area contributed by atoms with Gasteiger partial charge >= 0.3 is 11.9 Å². The third kappa shape index (κ3) is 2.59. The monoisotopic (exact) mass is 334 g/mol. The summed E-state index contributed by atoms with van der Waals surface area (Å²) in [5.74, 6) is -1.54. The van der Waals surface area contributed by atoms with Crippen molar-refractivity contribution >= 4 is 11.9 Å². The number of rotatable bonds is 2. The molecule has 1 saturated carbocycles. The first kappa shape index (κ1) is 17.2. The minimum absolute atomic E-state index is 0.0496. The second kappa shape index (κ2) is 5.73. The highest BCUT2D eigenvalue weighted by molar-refractivity contribution is 5.91. The summed E-state index contributed by atoms with van der Waals surface area (Å²) in [6, 6.07) is 0. The number of hydrogen-bond acceptors (Lipinski definition) is 5. The van der Waals surface area contributed by atoms with Gasteiger partial charge in [-0.3, -0.25) is 4.79 Å². The summed E-state index contributed by atoms with van der Waals surface area (Å²) < 4.78 is 11.3. The number of fused-ring (bicyclic) bond motifs is 3. The number of carbonyl (C=O) groups excluding carboxylic acids is 2. The normalized spacial score (nSPS) is 41.4. The Labute approximate surface area is 142 Å². The zero-order valence-corrected chi connectivity index (χ0v) is 14.7. The maximum atomic E-state index is 12.2. The first-order chi connectivity index (χ1) is 11.1. The zero-order chi connectivity index (χ0) is 17.8. The van der Waals surface area contributed by atoms with Gasteiger partial charge in [-0.15, -0.1) is 0 Å². The molecule has 0 aromatic rings. The molecule has 0 radical (unpaired) electrons. The summed E-state index contributed by atoms with van der Waals surface area (Å²) >= 11 is 0. The Morgan fingerprint density at radius 2 is 2.12 bits per heavy atom. The van der Waals surface area contributed by atoms with Crippen LogP contribution in [0.3, 0.4) is 0 Å². The Kier molecular flexibility index (Phi) is 4.11. The molecule has 0 amide bonds. The number of hydrogen-bond donors (Lipinski definition) is 1. The van der Waals surface area contributed by atoms with Gasteiger partial charge in [0.25, 0.3) is 0 Å². The van der Waals surface area contributed by atoms with Crippen molar-refractivity contribution < 1.29 is 24.2 Å². The lowest BCUT2D eigenvalue weighted by atomic mass is 9.76. The van der Waals surface area contributed by atoms with Crippen molar-refractivity contribution in [2.45, 2.75) is 58.3 Å². The van der Waals surface area contributed by atoms with Crippen molar-refractivity contribution in [3.63, 3.8) is 0 Å². The number of allylic oxidation sites excluding steroid dienone is 1. The topological polar surface area (TPSA) is 72.8 Å². The lowest BCUT2D eigenvalue weighted by Crippen LogP contribution is -2.40. The number of ether oxygens (including phenoxy) is 2. The third-order valence-electron chi connectivity index (χ3n) is 5.82. The van der Waals surface area contributed by atoms with Gasteiger partial charge in [-0.25, -0.2) is 4.79 Å². The van der Waals surface area contributed by atoms with Gasteiger partial charge < -0.3 is 14.6 Å². The molecule has 0 spiro atoms. The highest BCUT2D eigenvalue weighted by atomic mass is 16.6. The van der Waals surface area contributed by atoms with Crippen molar-refractivity contribution in [1.29, 1.82) is 0 Å². The van der Waals surface area contributed by atoms with Crippen molar-refractivity contribution in [1.82, 2.24) is 0 Å². The molecule has 5 heteroatoms. The molecule has 2 aliphatic carbocycles. The summed E-state index contributed by atoms with van der Waals surface area (Å²) in [6.45, 7) is 11.2. The molecule has 3 aliphatic rings. The number of esters is 2. The van der Waals surface area contributed by atoms with Crippen molar-refractivity contribution in [3.8, 4) is 0 Å². The van der Waals surface area contributed by atoms with E-state index in [9.17, 15) is 14.7 Å². The Morgan fingerprint density at radius 1 is 1.46 bits per heavy atom. The van der Waals surface area contributed by atoms with Gasteiger partial charge in [-0.2, -0.15) is 0 Å². The third-order valence-corrected chi connectivity index (χ3v) is 5.82. The fourth-order valence-corrected chi connectivity index (χ4v) is 4.47. The van der Waals surface area contributed by atoms with E-state index in [0.29, 0.717) is 5.57 Å².